The van der Waals surface area contributed by atoms with Crippen LogP contribution in [0.15, 0.2) is 24.3 Å². The van der Waals surface area contributed by atoms with Gasteiger partial charge >= 0.3 is 41.8 Å². The molecular formula is C24H42N5O22P. The molecule has 0 atom stereocenters. The van der Waals surface area contributed by atoms with Crippen LogP contribution in [0.4, 0.5) is 5.69 Å². The summed E-state index contributed by atoms with van der Waals surface area (Å²) in [4.78, 5) is 117. The minimum absolute atomic E-state index is 0. The molecule has 0 radical (unpaired) electrons. The third kappa shape index (κ3) is 51.2. The van der Waals surface area contributed by atoms with Crippen LogP contribution in [-0.2, 0) is 38.1 Å². The van der Waals surface area contributed by atoms with E-state index in [-0.39, 0.29) is 56.0 Å². The number of aromatic carboxylic acids is 1. The van der Waals surface area contributed by atoms with Gasteiger partial charge in [0.1, 0.15) is 0 Å². The van der Waals surface area contributed by atoms with E-state index in [1.165, 1.54) is 12.1 Å². The number of benzene rings is 1. The Hall–Kier alpha value is -5.67. The van der Waals surface area contributed by atoms with Crippen molar-refractivity contribution in [1.29, 1.82) is 0 Å². The maximum atomic E-state index is 10.6. The second kappa shape index (κ2) is 33.8. The molecule has 0 unspecified atom stereocenters. The maximum Gasteiger partial charge on any atom is 0.335 e. The number of nitro groups is 1. The highest BCUT2D eigenvalue weighted by molar-refractivity contribution is 7.42. The van der Waals surface area contributed by atoms with Gasteiger partial charge in [-0.25, -0.2) is 4.79 Å². The van der Waals surface area contributed by atoms with Gasteiger partial charge in [-0.1, -0.05) is 0 Å². The fourth-order valence-electron chi connectivity index (χ4n) is 2.75. The lowest BCUT2D eigenvalue weighted by Crippen LogP contribution is -2.43. The van der Waals surface area contributed by atoms with Crippen molar-refractivity contribution in [3.05, 3.63) is 39.9 Å². The zero-order valence-corrected chi connectivity index (χ0v) is 28.5. The van der Waals surface area contributed by atoms with Gasteiger partial charge in [0.15, 0.2) is 0 Å². The monoisotopic (exact) mass is 783 g/mol. The molecule has 28 heteroatoms. The summed E-state index contributed by atoms with van der Waals surface area (Å²) in [6.07, 6.45) is 1.02. The van der Waals surface area contributed by atoms with Gasteiger partial charge in [-0.2, -0.15) is 0 Å². The van der Waals surface area contributed by atoms with Gasteiger partial charge in [0.05, 0.1) is 44.5 Å². The molecule has 1 rings (SSSR count). The van der Waals surface area contributed by atoms with Gasteiger partial charge in [-0.15, -0.1) is 0 Å². The zero-order valence-electron chi connectivity index (χ0n) is 27.6. The van der Waals surface area contributed by atoms with Crippen molar-refractivity contribution in [2.24, 2.45) is 0 Å². The Labute approximate surface area is 292 Å². The molecule has 27 nitrogen and oxygen atoms in total. The minimum atomic E-state index is -5.14. The molecule has 0 aliphatic heterocycles. The fourth-order valence-corrected chi connectivity index (χ4v) is 2.75. The highest BCUT2D eigenvalue weighted by Gasteiger charge is 2.18. The number of phosphoric acid groups is 1. The summed E-state index contributed by atoms with van der Waals surface area (Å²) in [7, 11) is -5.14. The Morgan fingerprint density at radius 3 is 1.08 bits per heavy atom. The van der Waals surface area contributed by atoms with Gasteiger partial charge in [0, 0.05) is 38.1 Å². The number of nitro benzene ring substituents is 1. The van der Waals surface area contributed by atoms with Crippen LogP contribution in [0.3, 0.4) is 0 Å². The van der Waals surface area contributed by atoms with E-state index in [1.807, 2.05) is 0 Å². The van der Waals surface area contributed by atoms with E-state index < -0.39 is 80.7 Å². The number of aliphatic carboxylic acids is 6. The van der Waals surface area contributed by atoms with Crippen LogP contribution in [0.1, 0.15) is 36.0 Å². The van der Waals surface area contributed by atoms with E-state index in [0.717, 1.165) is 21.9 Å². The standard InChI is InChI=1S/C10H16N2O8.C7H5NO4.C6H10O4.CH2O2.2H3N.H3O4P/c13-7(14)3-11(4-8(15)16)1-2-12(5-9(17)18)6-10(19)20;9-7(10)5-1-3-6(4-2-5)8(11)12;7-5(8)3-1-2-4-6(9)10;2-1-3;;;1-5(2,3)4/h1-6H2,(H,13,14)(H,15,16)(H,17,18)(H,19,20);1-4H,(H,9,10);1-4H2,(H,7,8)(H,9,10);1H,(H,2,3);2*1H3;(H3,1,2,3,4). The minimum Gasteiger partial charge on any atom is -0.790 e. The number of nitrogens with zero attached hydrogens (tertiary/aromatic N) is 3. The number of non-ortho nitro benzene ring substituents is 1. The van der Waals surface area contributed by atoms with E-state index >= 15 is 0 Å². The van der Waals surface area contributed by atoms with Crippen molar-refractivity contribution in [3.63, 3.8) is 0 Å². The lowest BCUT2D eigenvalue weighted by Gasteiger charge is -2.23. The van der Waals surface area contributed by atoms with Crippen LogP contribution >= 0.6 is 7.82 Å². The number of rotatable bonds is 18. The van der Waals surface area contributed by atoms with Crippen molar-refractivity contribution in [2.75, 3.05) is 39.3 Å². The average Bonchev–Trinajstić information content (AvgIpc) is 2.93. The van der Waals surface area contributed by atoms with Gasteiger partial charge in [-0.3, -0.25) is 53.5 Å². The average molecular weight is 784 g/mol. The Balaban J connectivity index is -0.000000142. The van der Waals surface area contributed by atoms with Crippen LogP contribution in [-0.4, -0.2) is 148 Å². The number of carboxylic acids is 7. The van der Waals surface area contributed by atoms with Crippen LogP contribution in [0.5, 0.6) is 0 Å². The molecular weight excluding hydrogens is 741 g/mol. The van der Waals surface area contributed by atoms with Gasteiger partial charge < -0.3 is 72.4 Å². The molecule has 0 aliphatic carbocycles. The topological polar surface area (TPSA) is 504 Å². The molecule has 0 fully saturated rings. The van der Waals surface area contributed by atoms with Crippen molar-refractivity contribution in [3.8, 4) is 0 Å². The van der Waals surface area contributed by atoms with E-state index in [0.29, 0.717) is 12.8 Å². The molecule has 1 aromatic carbocycles. The van der Waals surface area contributed by atoms with Crippen molar-refractivity contribution in [2.45, 2.75) is 25.7 Å². The summed E-state index contributed by atoms with van der Waals surface area (Å²) in [5, 5.41) is 76.2. The molecule has 0 spiro atoms. The highest BCUT2D eigenvalue weighted by atomic mass is 31.2. The molecule has 0 saturated heterocycles. The normalized spacial score (nSPS) is 9.40. The number of carbonyl (C=O) groups is 8. The van der Waals surface area contributed by atoms with E-state index in [2.05, 4.69) is 0 Å². The number of hydrogen-bond acceptors (Lipinski definition) is 15. The summed E-state index contributed by atoms with van der Waals surface area (Å²) in [5.41, 5.74) is -0.0689. The predicted molar refractivity (Wildman–Crippen MR) is 168 cm³/mol. The van der Waals surface area contributed by atoms with E-state index in [1.54, 1.807) is 0 Å². The van der Waals surface area contributed by atoms with Gasteiger partial charge in [0.2, 0.25) is 0 Å². The van der Waals surface area contributed by atoms with Crippen LogP contribution in [0, 0.1) is 10.1 Å². The lowest BCUT2D eigenvalue weighted by atomic mass is 10.2. The lowest BCUT2D eigenvalue weighted by molar-refractivity contribution is -0.384. The maximum absolute atomic E-state index is 10.6. The van der Waals surface area contributed by atoms with Crippen molar-refractivity contribution >= 4 is 61.8 Å². The van der Waals surface area contributed by atoms with Gasteiger partial charge in [0.25, 0.3) is 12.2 Å². The van der Waals surface area contributed by atoms with Gasteiger partial charge in [-0.05, 0) is 25.0 Å². The molecule has 1 aromatic rings. The first-order valence-corrected chi connectivity index (χ1v) is 14.4. The summed E-state index contributed by atoms with van der Waals surface area (Å²) in [6.45, 7) is -2.50. The number of hydrogen-bond donors (Lipinski definition) is 11. The first-order chi connectivity index (χ1) is 22.9. The first kappa shape index (κ1) is 58.5. The molecule has 17 N–H and O–H groups in total. The highest BCUT2D eigenvalue weighted by Crippen LogP contribution is 2.12. The van der Waals surface area contributed by atoms with Crippen LogP contribution in [0.25, 0.3) is 0 Å². The Morgan fingerprint density at radius 1 is 0.654 bits per heavy atom. The third-order valence-electron chi connectivity index (χ3n) is 4.52. The summed E-state index contributed by atoms with van der Waals surface area (Å²) < 4.78 is 8.66. The van der Waals surface area contributed by atoms with Crippen LogP contribution < -0.4 is 22.1 Å². The second-order valence-electron chi connectivity index (χ2n) is 8.67. The number of carboxylic acid groups (broad SMARTS) is 8. The smallest absolute Gasteiger partial charge is 0.335 e. The Bertz CT molecular complexity index is 1180. The molecule has 0 aliphatic rings. The summed E-state index contributed by atoms with van der Waals surface area (Å²) in [6, 6.07) is 4.70. The van der Waals surface area contributed by atoms with Crippen molar-refractivity contribution in [1.82, 2.24) is 22.1 Å². The van der Waals surface area contributed by atoms with E-state index in [9.17, 15) is 43.7 Å². The molecule has 0 aromatic heterocycles. The summed E-state index contributed by atoms with van der Waals surface area (Å²) in [5.74, 6) is -7.74. The molecule has 0 bridgehead atoms. The fraction of sp³-hybridized carbons (Fsp3) is 0.417. The predicted octanol–water partition coefficient (Wildman–Crippen LogP) is -1.80. The first-order valence-electron chi connectivity index (χ1n) is 12.9. The molecule has 0 amide bonds. The Morgan fingerprint density at radius 2 is 0.904 bits per heavy atom. The molecule has 0 saturated carbocycles. The number of unbranched alkanes of at least 4 members (excludes halogenated alkanes) is 1. The zero-order chi connectivity index (χ0) is 40.0. The van der Waals surface area contributed by atoms with Crippen molar-refractivity contribution < 1.29 is 103 Å². The number of quaternary nitrogens is 2. The molecule has 52 heavy (non-hydrogen) atoms. The SMILES string of the molecule is O=C(O)CCCCC(=O)O.O=C(O)CN(CCN(CC(=O)O)CC(=O)O)CC(=O)O.O=C(O)c1ccc([N+](=O)[O-])cc1.O=CO.O=P([O-])([O-])O.[NH4+].[NH4+]. The largest absolute Gasteiger partial charge is 0.790 e. The quantitative estimate of drug-likeness (QED) is 0.0257. The van der Waals surface area contributed by atoms with E-state index in [4.69, 9.17) is 64.9 Å². The molecule has 0 heterocycles. The molecule has 300 valence electrons. The van der Waals surface area contributed by atoms with Crippen LogP contribution in [0.2, 0.25) is 0 Å². The second-order valence-corrected chi connectivity index (χ2v) is 9.61. The summed E-state index contributed by atoms with van der Waals surface area (Å²) >= 11 is 0. The Kier molecular flexibility index (Phi) is 38.1. The third-order valence-corrected chi connectivity index (χ3v) is 4.52.